The summed E-state index contributed by atoms with van der Waals surface area (Å²) in [6.45, 7) is 10.4. The Bertz CT molecular complexity index is 299. The van der Waals surface area contributed by atoms with Crippen molar-refractivity contribution in [3.05, 3.63) is 0 Å². The third-order valence-corrected chi connectivity index (χ3v) is 3.06. The second-order valence-electron chi connectivity index (χ2n) is 5.85. The van der Waals surface area contributed by atoms with Crippen molar-refractivity contribution in [2.24, 2.45) is 5.41 Å². The number of carbonyl (C=O) groups is 2. The lowest BCUT2D eigenvalue weighted by Gasteiger charge is -2.26. The molecule has 0 aliphatic heterocycles. The normalized spacial score (nSPS) is 12.1. The fraction of sp³-hybridized carbons (Fsp3) is 0.846. The van der Waals surface area contributed by atoms with E-state index in [0.29, 0.717) is 6.54 Å². The molecule has 0 unspecified atom stereocenters. The van der Waals surface area contributed by atoms with Crippen LogP contribution >= 0.6 is 0 Å². The molecular formula is C13H27N3O2. The molecule has 2 amide bonds. The van der Waals surface area contributed by atoms with Gasteiger partial charge in [0.15, 0.2) is 0 Å². The predicted octanol–water partition coefficient (Wildman–Crippen LogP) is 0.653. The molecule has 0 heterocycles. The number of hydrogen-bond donors (Lipinski definition) is 3. The van der Waals surface area contributed by atoms with Gasteiger partial charge in [-0.05, 0) is 34.1 Å². The minimum atomic E-state index is -0.519. The zero-order valence-corrected chi connectivity index (χ0v) is 12.4. The Morgan fingerprint density at radius 3 is 2.11 bits per heavy atom. The third kappa shape index (κ3) is 6.00. The van der Waals surface area contributed by atoms with Gasteiger partial charge in [-0.15, -0.1) is 0 Å². The Hall–Kier alpha value is -1.10. The minimum absolute atomic E-state index is 0.0377. The molecular weight excluding hydrogens is 230 g/mol. The van der Waals surface area contributed by atoms with Crippen molar-refractivity contribution >= 4 is 11.8 Å². The Kier molecular flexibility index (Phi) is 6.32. The average molecular weight is 257 g/mol. The summed E-state index contributed by atoms with van der Waals surface area (Å²) in [6.07, 6.45) is 0.877. The van der Waals surface area contributed by atoms with Gasteiger partial charge in [0.1, 0.15) is 0 Å². The van der Waals surface area contributed by atoms with Crippen LogP contribution in [-0.2, 0) is 9.59 Å². The summed E-state index contributed by atoms with van der Waals surface area (Å²) in [5.74, 6) is -0.0844. The maximum atomic E-state index is 11.7. The van der Waals surface area contributed by atoms with Gasteiger partial charge in [0.25, 0.3) is 0 Å². The van der Waals surface area contributed by atoms with Gasteiger partial charge >= 0.3 is 0 Å². The van der Waals surface area contributed by atoms with Crippen LogP contribution in [-0.4, -0.2) is 37.5 Å². The highest BCUT2D eigenvalue weighted by atomic mass is 16.2. The molecule has 0 aromatic carbocycles. The molecule has 0 aliphatic carbocycles. The van der Waals surface area contributed by atoms with Crippen molar-refractivity contribution in [2.45, 2.75) is 46.6 Å². The summed E-state index contributed by atoms with van der Waals surface area (Å²) in [6, 6.07) is 0. The minimum Gasteiger partial charge on any atom is -0.359 e. The van der Waals surface area contributed by atoms with Crippen LogP contribution in [0.5, 0.6) is 0 Å². The van der Waals surface area contributed by atoms with E-state index in [-0.39, 0.29) is 23.9 Å². The zero-order valence-electron chi connectivity index (χ0n) is 12.4. The molecule has 0 fully saturated rings. The van der Waals surface area contributed by atoms with Gasteiger partial charge in [-0.25, -0.2) is 0 Å². The fourth-order valence-electron chi connectivity index (χ4n) is 1.42. The van der Waals surface area contributed by atoms with E-state index in [1.807, 2.05) is 34.6 Å². The molecule has 18 heavy (non-hydrogen) atoms. The number of hydrogen-bond acceptors (Lipinski definition) is 3. The lowest BCUT2D eigenvalue weighted by Crippen LogP contribution is -2.49. The maximum Gasteiger partial charge on any atom is 0.234 e. The first kappa shape index (κ1) is 16.9. The standard InChI is InChI=1S/C13H27N3O2/c1-7-13(4,5)16-10(17)8-15-9-12(2,3)11(18)14-6/h15H,7-9H2,1-6H3,(H,14,18)(H,16,17). The number of amides is 2. The lowest BCUT2D eigenvalue weighted by atomic mass is 9.92. The SMILES string of the molecule is CCC(C)(C)NC(=O)CNCC(C)(C)C(=O)NC. The van der Waals surface area contributed by atoms with E-state index >= 15 is 0 Å². The summed E-state index contributed by atoms with van der Waals surface area (Å²) in [5, 5.41) is 8.56. The lowest BCUT2D eigenvalue weighted by molar-refractivity contribution is -0.129. The van der Waals surface area contributed by atoms with Crippen molar-refractivity contribution in [1.29, 1.82) is 0 Å². The Morgan fingerprint density at radius 2 is 1.67 bits per heavy atom. The molecule has 3 N–H and O–H groups in total. The highest BCUT2D eigenvalue weighted by molar-refractivity contribution is 5.82. The summed E-state index contributed by atoms with van der Waals surface area (Å²) in [4.78, 5) is 23.2. The van der Waals surface area contributed by atoms with Crippen molar-refractivity contribution < 1.29 is 9.59 Å². The first-order valence-corrected chi connectivity index (χ1v) is 6.38. The molecule has 0 saturated carbocycles. The van der Waals surface area contributed by atoms with E-state index in [4.69, 9.17) is 0 Å². The van der Waals surface area contributed by atoms with Crippen LogP contribution in [0.25, 0.3) is 0 Å². The smallest absolute Gasteiger partial charge is 0.234 e. The third-order valence-electron chi connectivity index (χ3n) is 3.06. The largest absolute Gasteiger partial charge is 0.359 e. The average Bonchev–Trinajstić information content (AvgIpc) is 2.26. The molecule has 0 bridgehead atoms. The van der Waals surface area contributed by atoms with Gasteiger partial charge < -0.3 is 16.0 Å². The van der Waals surface area contributed by atoms with Crippen LogP contribution in [0.2, 0.25) is 0 Å². The summed E-state index contributed by atoms with van der Waals surface area (Å²) >= 11 is 0. The Labute approximate surface area is 110 Å². The van der Waals surface area contributed by atoms with Gasteiger partial charge in [0.05, 0.1) is 12.0 Å². The van der Waals surface area contributed by atoms with Crippen molar-refractivity contribution in [3.8, 4) is 0 Å². The molecule has 0 aromatic rings. The van der Waals surface area contributed by atoms with Gasteiger partial charge in [-0.3, -0.25) is 9.59 Å². The van der Waals surface area contributed by atoms with E-state index in [9.17, 15) is 9.59 Å². The van der Waals surface area contributed by atoms with E-state index < -0.39 is 5.41 Å². The second-order valence-corrected chi connectivity index (χ2v) is 5.85. The van der Waals surface area contributed by atoms with Gasteiger partial charge in [0, 0.05) is 19.1 Å². The Balaban J connectivity index is 4.06. The number of rotatable bonds is 7. The first-order valence-electron chi connectivity index (χ1n) is 6.38. The van der Waals surface area contributed by atoms with Crippen LogP contribution in [0, 0.1) is 5.41 Å². The molecule has 0 spiro atoms. The molecule has 0 atom stereocenters. The maximum absolute atomic E-state index is 11.7. The van der Waals surface area contributed by atoms with E-state index in [1.54, 1.807) is 7.05 Å². The summed E-state index contributed by atoms with van der Waals surface area (Å²) in [5.41, 5.74) is -0.704. The fourth-order valence-corrected chi connectivity index (χ4v) is 1.42. The molecule has 0 aliphatic rings. The van der Waals surface area contributed by atoms with Crippen molar-refractivity contribution in [1.82, 2.24) is 16.0 Å². The summed E-state index contributed by atoms with van der Waals surface area (Å²) < 4.78 is 0. The topological polar surface area (TPSA) is 70.2 Å². The second kappa shape index (κ2) is 6.73. The highest BCUT2D eigenvalue weighted by Crippen LogP contribution is 2.12. The molecule has 0 saturated heterocycles. The number of nitrogens with one attached hydrogen (secondary N) is 3. The van der Waals surface area contributed by atoms with E-state index in [1.165, 1.54) is 0 Å². The number of carbonyl (C=O) groups excluding carboxylic acids is 2. The van der Waals surface area contributed by atoms with Crippen molar-refractivity contribution in [3.63, 3.8) is 0 Å². The van der Waals surface area contributed by atoms with Gasteiger partial charge in [0.2, 0.25) is 11.8 Å². The Morgan fingerprint density at radius 1 is 1.11 bits per heavy atom. The molecule has 0 rings (SSSR count). The monoisotopic (exact) mass is 257 g/mol. The molecule has 0 radical (unpaired) electrons. The van der Waals surface area contributed by atoms with Crippen LogP contribution < -0.4 is 16.0 Å². The van der Waals surface area contributed by atoms with Crippen LogP contribution in [0.1, 0.15) is 41.0 Å². The quantitative estimate of drug-likeness (QED) is 0.627. The van der Waals surface area contributed by atoms with Crippen LogP contribution in [0.15, 0.2) is 0 Å². The molecule has 106 valence electrons. The molecule has 0 aromatic heterocycles. The van der Waals surface area contributed by atoms with Gasteiger partial charge in [-0.1, -0.05) is 6.92 Å². The van der Waals surface area contributed by atoms with Crippen molar-refractivity contribution in [2.75, 3.05) is 20.1 Å². The van der Waals surface area contributed by atoms with Crippen LogP contribution in [0.4, 0.5) is 0 Å². The zero-order chi connectivity index (χ0) is 14.4. The van der Waals surface area contributed by atoms with E-state index in [2.05, 4.69) is 16.0 Å². The highest BCUT2D eigenvalue weighted by Gasteiger charge is 2.26. The van der Waals surface area contributed by atoms with Crippen LogP contribution in [0.3, 0.4) is 0 Å². The first-order chi connectivity index (χ1) is 8.14. The van der Waals surface area contributed by atoms with Gasteiger partial charge in [-0.2, -0.15) is 0 Å². The summed E-state index contributed by atoms with van der Waals surface area (Å²) in [7, 11) is 1.61. The van der Waals surface area contributed by atoms with E-state index in [0.717, 1.165) is 6.42 Å². The molecule has 5 heteroatoms. The predicted molar refractivity (Wildman–Crippen MR) is 73.2 cm³/mol. The molecule has 5 nitrogen and oxygen atoms in total.